The van der Waals surface area contributed by atoms with E-state index in [1.54, 1.807) is 0 Å². The number of aliphatic hydroxyl groups is 1. The molecule has 4 heteroatoms. The first-order valence-corrected chi connectivity index (χ1v) is 6.37. The van der Waals surface area contributed by atoms with Gasteiger partial charge in [-0.2, -0.15) is 0 Å². The average Bonchev–Trinajstić information content (AvgIpc) is 2.28. The molecule has 100 valence electrons. The topological polar surface area (TPSA) is 58.7 Å². The van der Waals surface area contributed by atoms with Crippen LogP contribution in [0.15, 0.2) is 24.3 Å². The number of rotatable bonds is 3. The summed E-state index contributed by atoms with van der Waals surface area (Å²) < 4.78 is 5.66. The molecule has 1 atom stereocenters. The summed E-state index contributed by atoms with van der Waals surface area (Å²) in [5, 5.41) is 10.3. The van der Waals surface area contributed by atoms with Gasteiger partial charge in [0, 0.05) is 30.9 Å². The molecule has 1 aliphatic heterocycles. The first-order chi connectivity index (χ1) is 8.48. The van der Waals surface area contributed by atoms with Gasteiger partial charge >= 0.3 is 0 Å². The molecule has 2 rings (SSSR count). The zero-order chi connectivity index (χ0) is 13.2. The summed E-state index contributed by atoms with van der Waals surface area (Å²) in [5.74, 6) is 0. The summed E-state index contributed by atoms with van der Waals surface area (Å²) in [5.41, 5.74) is 7.20. The van der Waals surface area contributed by atoms with Crippen LogP contribution in [-0.4, -0.2) is 41.8 Å². The Balaban J connectivity index is 1.99. The van der Waals surface area contributed by atoms with E-state index in [-0.39, 0.29) is 5.60 Å². The number of para-hydroxylation sites is 1. The van der Waals surface area contributed by atoms with E-state index in [1.165, 1.54) is 0 Å². The second kappa shape index (κ2) is 5.26. The van der Waals surface area contributed by atoms with Crippen LogP contribution in [-0.2, 0) is 4.74 Å². The van der Waals surface area contributed by atoms with Crippen LogP contribution in [0.25, 0.3) is 0 Å². The molecular formula is C14H22N2O2. The van der Waals surface area contributed by atoms with Crippen molar-refractivity contribution in [2.24, 2.45) is 0 Å². The first-order valence-electron chi connectivity index (χ1n) is 6.37. The number of β-amino-alcohol motifs (C(OH)–C–C–N with tert-alkyl or cyclic N) is 1. The minimum Gasteiger partial charge on any atom is -0.398 e. The van der Waals surface area contributed by atoms with Crippen LogP contribution in [0.4, 0.5) is 5.69 Å². The fraction of sp³-hybridized carbons (Fsp3) is 0.571. The molecule has 0 amide bonds. The van der Waals surface area contributed by atoms with Crippen molar-refractivity contribution in [3.63, 3.8) is 0 Å². The standard InChI is InChI=1S/C14H22N2O2/c1-14(2)10-16(7-8-18-14)9-13(17)11-5-3-4-6-12(11)15/h3-6,13,17H,7-10,15H2,1-2H3. The number of ether oxygens (including phenoxy) is 1. The Morgan fingerprint density at radius 2 is 2.17 bits per heavy atom. The van der Waals surface area contributed by atoms with E-state index in [4.69, 9.17) is 10.5 Å². The molecule has 0 spiro atoms. The van der Waals surface area contributed by atoms with Gasteiger partial charge in [-0.05, 0) is 19.9 Å². The van der Waals surface area contributed by atoms with Crippen LogP contribution in [0.3, 0.4) is 0 Å². The normalized spacial score (nSPS) is 21.7. The second-order valence-electron chi connectivity index (χ2n) is 5.49. The lowest BCUT2D eigenvalue weighted by molar-refractivity contribution is -0.0932. The lowest BCUT2D eigenvalue weighted by Gasteiger charge is -2.39. The fourth-order valence-corrected chi connectivity index (χ4v) is 2.43. The third kappa shape index (κ3) is 3.22. The number of benzene rings is 1. The summed E-state index contributed by atoms with van der Waals surface area (Å²) in [6.45, 7) is 7.14. The molecule has 18 heavy (non-hydrogen) atoms. The van der Waals surface area contributed by atoms with Crippen molar-refractivity contribution < 1.29 is 9.84 Å². The van der Waals surface area contributed by atoms with Gasteiger partial charge in [0.1, 0.15) is 0 Å². The predicted octanol–water partition coefficient (Wildman–Crippen LogP) is 1.41. The number of morpholine rings is 1. The van der Waals surface area contributed by atoms with Crippen molar-refractivity contribution in [3.8, 4) is 0 Å². The second-order valence-corrected chi connectivity index (χ2v) is 5.49. The lowest BCUT2D eigenvalue weighted by atomic mass is 10.0. The summed E-state index contributed by atoms with van der Waals surface area (Å²) >= 11 is 0. The monoisotopic (exact) mass is 250 g/mol. The maximum absolute atomic E-state index is 10.3. The molecule has 1 heterocycles. The highest BCUT2D eigenvalue weighted by Gasteiger charge is 2.28. The van der Waals surface area contributed by atoms with Gasteiger partial charge in [0.05, 0.1) is 18.3 Å². The molecule has 1 aromatic rings. The van der Waals surface area contributed by atoms with Crippen molar-refractivity contribution in [1.29, 1.82) is 0 Å². The summed E-state index contributed by atoms with van der Waals surface area (Å²) in [6, 6.07) is 7.48. The summed E-state index contributed by atoms with van der Waals surface area (Å²) in [6.07, 6.45) is -0.542. The molecule has 0 aromatic heterocycles. The SMILES string of the molecule is CC1(C)CN(CC(O)c2ccccc2N)CCO1. The van der Waals surface area contributed by atoms with Crippen molar-refractivity contribution >= 4 is 5.69 Å². The lowest BCUT2D eigenvalue weighted by Crippen LogP contribution is -2.49. The Morgan fingerprint density at radius 3 is 2.83 bits per heavy atom. The molecule has 1 saturated heterocycles. The molecule has 1 unspecified atom stereocenters. The smallest absolute Gasteiger partial charge is 0.0936 e. The van der Waals surface area contributed by atoms with Gasteiger partial charge in [-0.1, -0.05) is 18.2 Å². The van der Waals surface area contributed by atoms with Crippen molar-refractivity contribution in [1.82, 2.24) is 4.90 Å². The van der Waals surface area contributed by atoms with Crippen LogP contribution in [0.1, 0.15) is 25.5 Å². The molecule has 3 N–H and O–H groups in total. The van der Waals surface area contributed by atoms with E-state index < -0.39 is 6.10 Å². The first kappa shape index (κ1) is 13.3. The quantitative estimate of drug-likeness (QED) is 0.796. The average molecular weight is 250 g/mol. The Morgan fingerprint density at radius 1 is 1.44 bits per heavy atom. The van der Waals surface area contributed by atoms with Crippen LogP contribution in [0.5, 0.6) is 0 Å². The van der Waals surface area contributed by atoms with E-state index in [2.05, 4.69) is 18.7 Å². The molecule has 1 aliphatic rings. The molecule has 1 fully saturated rings. The number of nitrogens with two attached hydrogens (primary N) is 1. The number of anilines is 1. The summed E-state index contributed by atoms with van der Waals surface area (Å²) in [4.78, 5) is 2.22. The zero-order valence-corrected chi connectivity index (χ0v) is 11.1. The van der Waals surface area contributed by atoms with E-state index in [1.807, 2.05) is 24.3 Å². The number of hydrogen-bond acceptors (Lipinski definition) is 4. The molecular weight excluding hydrogens is 228 g/mol. The maximum atomic E-state index is 10.3. The third-order valence-corrected chi connectivity index (χ3v) is 3.29. The molecule has 0 aliphatic carbocycles. The van der Waals surface area contributed by atoms with Gasteiger partial charge in [0.2, 0.25) is 0 Å². The minimum atomic E-state index is -0.542. The van der Waals surface area contributed by atoms with Gasteiger partial charge in [-0.3, -0.25) is 4.90 Å². The predicted molar refractivity (Wildman–Crippen MR) is 72.3 cm³/mol. The van der Waals surface area contributed by atoms with Crippen molar-refractivity contribution in [3.05, 3.63) is 29.8 Å². The van der Waals surface area contributed by atoms with Crippen LogP contribution in [0, 0.1) is 0 Å². The molecule has 0 bridgehead atoms. The van der Waals surface area contributed by atoms with Crippen LogP contribution in [0.2, 0.25) is 0 Å². The number of nitrogens with zero attached hydrogens (tertiary/aromatic N) is 1. The Kier molecular flexibility index (Phi) is 3.90. The van der Waals surface area contributed by atoms with E-state index in [0.29, 0.717) is 18.8 Å². The number of aliphatic hydroxyl groups excluding tert-OH is 1. The Hall–Kier alpha value is -1.10. The van der Waals surface area contributed by atoms with Gasteiger partial charge in [-0.15, -0.1) is 0 Å². The minimum absolute atomic E-state index is 0.139. The van der Waals surface area contributed by atoms with Crippen LogP contribution < -0.4 is 5.73 Å². The Bertz CT molecular complexity index is 407. The van der Waals surface area contributed by atoms with Gasteiger partial charge < -0.3 is 15.6 Å². The third-order valence-electron chi connectivity index (χ3n) is 3.29. The Labute approximate surface area is 108 Å². The van der Waals surface area contributed by atoms with E-state index in [0.717, 1.165) is 18.7 Å². The van der Waals surface area contributed by atoms with E-state index in [9.17, 15) is 5.11 Å². The number of hydrogen-bond donors (Lipinski definition) is 2. The molecule has 4 nitrogen and oxygen atoms in total. The van der Waals surface area contributed by atoms with E-state index >= 15 is 0 Å². The fourth-order valence-electron chi connectivity index (χ4n) is 2.43. The van der Waals surface area contributed by atoms with Gasteiger partial charge in [0.25, 0.3) is 0 Å². The van der Waals surface area contributed by atoms with Crippen molar-refractivity contribution in [2.75, 3.05) is 32.0 Å². The molecule has 1 aromatic carbocycles. The highest BCUT2D eigenvalue weighted by Crippen LogP contribution is 2.23. The highest BCUT2D eigenvalue weighted by molar-refractivity contribution is 5.47. The zero-order valence-electron chi connectivity index (χ0n) is 11.1. The summed E-state index contributed by atoms with van der Waals surface area (Å²) in [7, 11) is 0. The van der Waals surface area contributed by atoms with Crippen LogP contribution >= 0.6 is 0 Å². The van der Waals surface area contributed by atoms with Gasteiger partial charge in [-0.25, -0.2) is 0 Å². The van der Waals surface area contributed by atoms with Crippen molar-refractivity contribution in [2.45, 2.75) is 25.6 Å². The highest BCUT2D eigenvalue weighted by atomic mass is 16.5. The number of nitrogen functional groups attached to an aromatic ring is 1. The molecule has 0 radical (unpaired) electrons. The molecule has 0 saturated carbocycles. The maximum Gasteiger partial charge on any atom is 0.0936 e. The largest absolute Gasteiger partial charge is 0.398 e. The van der Waals surface area contributed by atoms with Gasteiger partial charge in [0.15, 0.2) is 0 Å².